The molecule has 0 saturated heterocycles. The molecular weight excluding hydrogens is 260 g/mol. The lowest BCUT2D eigenvalue weighted by atomic mass is 9.44. The molecule has 0 heterocycles. The molecule has 4 bridgehead atoms. The molecular formula is C18H34N2O. The summed E-state index contributed by atoms with van der Waals surface area (Å²) in [5.41, 5.74) is 1.34. The molecule has 0 aromatic rings. The standard InChI is InChI=1S/C18H34N2O/c1-17-9-15-8-16(10-17)12-18(11-15,13-17)14-20(2)6-4-19-5-7-21-3/h15-16,19H,4-14H2,1-3H3. The molecule has 3 nitrogen and oxygen atoms in total. The Morgan fingerprint density at radius 2 is 1.86 bits per heavy atom. The lowest BCUT2D eigenvalue weighted by molar-refractivity contribution is -0.111. The minimum atomic E-state index is 0.653. The summed E-state index contributed by atoms with van der Waals surface area (Å²) in [6, 6.07) is 0. The third-order valence-electron chi connectivity index (χ3n) is 6.23. The zero-order valence-corrected chi connectivity index (χ0v) is 14.3. The average molecular weight is 294 g/mol. The van der Waals surface area contributed by atoms with Crippen LogP contribution in [0.3, 0.4) is 0 Å². The highest BCUT2D eigenvalue weighted by Gasteiger charge is 2.55. The van der Waals surface area contributed by atoms with Gasteiger partial charge in [0.15, 0.2) is 0 Å². The van der Waals surface area contributed by atoms with Crippen molar-refractivity contribution >= 4 is 0 Å². The Morgan fingerprint density at radius 1 is 1.14 bits per heavy atom. The first kappa shape index (κ1) is 15.8. The second kappa shape index (κ2) is 6.17. The predicted molar refractivity (Wildman–Crippen MR) is 87.5 cm³/mol. The van der Waals surface area contributed by atoms with Crippen molar-refractivity contribution < 1.29 is 4.74 Å². The molecule has 4 aliphatic carbocycles. The van der Waals surface area contributed by atoms with Crippen LogP contribution in [-0.2, 0) is 4.74 Å². The molecule has 4 fully saturated rings. The van der Waals surface area contributed by atoms with E-state index >= 15 is 0 Å². The lowest BCUT2D eigenvalue weighted by Gasteiger charge is -2.62. The number of hydrogen-bond donors (Lipinski definition) is 1. The normalized spacial score (nSPS) is 41.1. The van der Waals surface area contributed by atoms with Crippen LogP contribution in [0, 0.1) is 22.7 Å². The zero-order valence-electron chi connectivity index (χ0n) is 14.3. The number of nitrogens with zero attached hydrogens (tertiary/aromatic N) is 1. The minimum absolute atomic E-state index is 0.653. The highest BCUT2D eigenvalue weighted by molar-refractivity contribution is 5.06. The largest absolute Gasteiger partial charge is 0.383 e. The summed E-state index contributed by atoms with van der Waals surface area (Å²) < 4.78 is 5.07. The summed E-state index contributed by atoms with van der Waals surface area (Å²) in [5.74, 6) is 2.09. The van der Waals surface area contributed by atoms with Crippen LogP contribution in [0.2, 0.25) is 0 Å². The van der Waals surface area contributed by atoms with Gasteiger partial charge in [-0.15, -0.1) is 0 Å². The first-order valence-corrected chi connectivity index (χ1v) is 8.91. The van der Waals surface area contributed by atoms with E-state index in [2.05, 4.69) is 24.2 Å². The van der Waals surface area contributed by atoms with Crippen LogP contribution in [0.25, 0.3) is 0 Å². The Kier molecular flexibility index (Phi) is 4.63. The Bertz CT molecular complexity index is 343. The molecule has 0 aromatic carbocycles. The van der Waals surface area contributed by atoms with Crippen LogP contribution in [0.1, 0.15) is 45.4 Å². The van der Waals surface area contributed by atoms with Crippen molar-refractivity contribution in [2.24, 2.45) is 22.7 Å². The van der Waals surface area contributed by atoms with Gasteiger partial charge in [-0.1, -0.05) is 6.92 Å². The molecule has 4 aliphatic rings. The topological polar surface area (TPSA) is 24.5 Å². The summed E-state index contributed by atoms with van der Waals surface area (Å²) in [7, 11) is 4.08. The van der Waals surface area contributed by atoms with Gasteiger partial charge in [-0.2, -0.15) is 0 Å². The second-order valence-electron chi connectivity index (χ2n) is 8.75. The van der Waals surface area contributed by atoms with Gasteiger partial charge in [0.1, 0.15) is 0 Å². The van der Waals surface area contributed by atoms with Crippen molar-refractivity contribution in [2.75, 3.05) is 46.9 Å². The Labute approximate surface area is 130 Å². The molecule has 122 valence electrons. The van der Waals surface area contributed by atoms with Crippen molar-refractivity contribution in [1.82, 2.24) is 10.2 Å². The van der Waals surface area contributed by atoms with Crippen LogP contribution in [-0.4, -0.2) is 51.8 Å². The SMILES string of the molecule is COCCNCCN(C)CC12CC3CC(CC(C)(C3)C1)C2. The predicted octanol–water partition coefficient (Wildman–Crippen LogP) is 2.76. The fourth-order valence-electron chi connectivity index (χ4n) is 6.33. The van der Waals surface area contributed by atoms with E-state index in [0.717, 1.165) is 38.1 Å². The van der Waals surface area contributed by atoms with Crippen LogP contribution in [0.5, 0.6) is 0 Å². The number of ether oxygens (including phenoxy) is 1. The molecule has 0 amide bonds. The van der Waals surface area contributed by atoms with Crippen molar-refractivity contribution in [2.45, 2.75) is 45.4 Å². The molecule has 0 aromatic heterocycles. The number of hydrogen-bond acceptors (Lipinski definition) is 3. The Morgan fingerprint density at radius 3 is 2.48 bits per heavy atom. The van der Waals surface area contributed by atoms with E-state index in [9.17, 15) is 0 Å². The maximum absolute atomic E-state index is 5.07. The lowest BCUT2D eigenvalue weighted by Crippen LogP contribution is -2.54. The van der Waals surface area contributed by atoms with Gasteiger partial charge >= 0.3 is 0 Å². The summed E-state index contributed by atoms with van der Waals surface area (Å²) >= 11 is 0. The van der Waals surface area contributed by atoms with Crippen LogP contribution < -0.4 is 5.32 Å². The smallest absolute Gasteiger partial charge is 0.0587 e. The molecule has 4 rings (SSSR count). The maximum atomic E-state index is 5.07. The third kappa shape index (κ3) is 3.62. The molecule has 3 heteroatoms. The molecule has 0 spiro atoms. The van der Waals surface area contributed by atoms with E-state index < -0.39 is 0 Å². The number of nitrogens with one attached hydrogen (secondary N) is 1. The summed E-state index contributed by atoms with van der Waals surface area (Å²) in [4.78, 5) is 2.58. The highest BCUT2D eigenvalue weighted by atomic mass is 16.5. The molecule has 0 radical (unpaired) electrons. The first-order chi connectivity index (χ1) is 10.0. The zero-order chi connectivity index (χ0) is 14.9. The Hall–Kier alpha value is -0.120. The van der Waals surface area contributed by atoms with Crippen molar-refractivity contribution in [1.29, 1.82) is 0 Å². The van der Waals surface area contributed by atoms with Crippen molar-refractivity contribution in [3.05, 3.63) is 0 Å². The van der Waals surface area contributed by atoms with Gasteiger partial charge in [0.25, 0.3) is 0 Å². The van der Waals surface area contributed by atoms with Crippen molar-refractivity contribution in [3.8, 4) is 0 Å². The molecule has 21 heavy (non-hydrogen) atoms. The van der Waals surface area contributed by atoms with E-state index in [1.165, 1.54) is 38.6 Å². The third-order valence-corrected chi connectivity index (χ3v) is 6.23. The van der Waals surface area contributed by atoms with Gasteiger partial charge in [0.2, 0.25) is 0 Å². The van der Waals surface area contributed by atoms with E-state index in [-0.39, 0.29) is 0 Å². The monoisotopic (exact) mass is 294 g/mol. The van der Waals surface area contributed by atoms with Crippen LogP contribution in [0.15, 0.2) is 0 Å². The number of rotatable bonds is 8. The maximum Gasteiger partial charge on any atom is 0.0587 e. The summed E-state index contributed by atoms with van der Waals surface area (Å²) in [5, 5.41) is 3.47. The van der Waals surface area contributed by atoms with Gasteiger partial charge in [0, 0.05) is 33.3 Å². The van der Waals surface area contributed by atoms with E-state index in [4.69, 9.17) is 4.74 Å². The fourth-order valence-corrected chi connectivity index (χ4v) is 6.33. The van der Waals surface area contributed by atoms with Gasteiger partial charge in [-0.05, 0) is 68.2 Å². The molecule has 2 atom stereocenters. The van der Waals surface area contributed by atoms with Crippen LogP contribution >= 0.6 is 0 Å². The van der Waals surface area contributed by atoms with E-state index in [1.807, 2.05) is 0 Å². The van der Waals surface area contributed by atoms with Gasteiger partial charge in [-0.25, -0.2) is 0 Å². The second-order valence-corrected chi connectivity index (χ2v) is 8.75. The molecule has 0 aliphatic heterocycles. The highest BCUT2D eigenvalue weighted by Crippen LogP contribution is 2.65. The van der Waals surface area contributed by atoms with Crippen LogP contribution in [0.4, 0.5) is 0 Å². The van der Waals surface area contributed by atoms with E-state index in [1.54, 1.807) is 13.5 Å². The number of methoxy groups -OCH3 is 1. The average Bonchev–Trinajstić information content (AvgIpc) is 2.34. The van der Waals surface area contributed by atoms with Gasteiger partial charge < -0.3 is 15.0 Å². The molecule has 2 unspecified atom stereocenters. The summed E-state index contributed by atoms with van der Waals surface area (Å²) in [6.45, 7) is 7.93. The van der Waals surface area contributed by atoms with Gasteiger partial charge in [0.05, 0.1) is 6.61 Å². The van der Waals surface area contributed by atoms with E-state index in [0.29, 0.717) is 10.8 Å². The fraction of sp³-hybridized carbons (Fsp3) is 1.00. The summed E-state index contributed by atoms with van der Waals surface area (Å²) in [6.07, 6.45) is 9.11. The number of likely N-dealkylation sites (N-methyl/N-ethyl adjacent to an activating group) is 1. The van der Waals surface area contributed by atoms with Gasteiger partial charge in [-0.3, -0.25) is 0 Å². The molecule has 1 N–H and O–H groups in total. The van der Waals surface area contributed by atoms with Crippen molar-refractivity contribution in [3.63, 3.8) is 0 Å². The first-order valence-electron chi connectivity index (χ1n) is 8.91. The Balaban J connectivity index is 1.48. The minimum Gasteiger partial charge on any atom is -0.383 e. The molecule has 4 saturated carbocycles. The quantitative estimate of drug-likeness (QED) is 0.697.